The Morgan fingerprint density at radius 1 is 1.05 bits per heavy atom. The van der Waals surface area contributed by atoms with Crippen LogP contribution in [0.15, 0.2) is 36.4 Å². The molecule has 0 amide bonds. The molecule has 20 heavy (non-hydrogen) atoms. The number of halogens is 2. The first-order valence-electron chi connectivity index (χ1n) is 6.00. The monoisotopic (exact) mass is 271 g/mol. The van der Waals surface area contributed by atoms with Gasteiger partial charge in [-0.2, -0.15) is 5.10 Å². The predicted octanol–water partition coefficient (Wildman–Crippen LogP) is 3.59. The van der Waals surface area contributed by atoms with Crippen molar-refractivity contribution in [3.63, 3.8) is 0 Å². The molecule has 0 unspecified atom stereocenters. The zero-order chi connectivity index (χ0) is 14.1. The van der Waals surface area contributed by atoms with Gasteiger partial charge in [-0.05, 0) is 35.9 Å². The van der Waals surface area contributed by atoms with E-state index in [9.17, 15) is 8.78 Å². The summed E-state index contributed by atoms with van der Waals surface area (Å²) in [4.78, 5) is 0. The molecule has 0 radical (unpaired) electrons. The molecule has 0 aliphatic heterocycles. The van der Waals surface area contributed by atoms with E-state index in [0.717, 1.165) is 5.56 Å². The number of nitrogens with one attached hydrogen (secondary N) is 1. The van der Waals surface area contributed by atoms with Crippen LogP contribution >= 0.6 is 0 Å². The van der Waals surface area contributed by atoms with E-state index in [0.29, 0.717) is 16.8 Å². The maximum Gasteiger partial charge on any atom is 0.153 e. The summed E-state index contributed by atoms with van der Waals surface area (Å²) in [5, 5.41) is 7.29. The number of hydrogen-bond donors (Lipinski definition) is 2. The normalized spacial score (nSPS) is 11.5. The Morgan fingerprint density at radius 2 is 1.80 bits per heavy atom. The van der Waals surface area contributed by atoms with Crippen LogP contribution < -0.4 is 5.73 Å². The van der Waals surface area contributed by atoms with E-state index >= 15 is 0 Å². The van der Waals surface area contributed by atoms with Gasteiger partial charge in [-0.25, -0.2) is 8.78 Å². The van der Waals surface area contributed by atoms with Crippen molar-refractivity contribution >= 4 is 28.7 Å². The minimum atomic E-state index is -0.460. The third kappa shape index (κ3) is 2.25. The van der Waals surface area contributed by atoms with E-state index in [4.69, 9.17) is 5.73 Å². The molecule has 0 fully saturated rings. The highest BCUT2D eigenvalue weighted by molar-refractivity contribution is 5.91. The van der Waals surface area contributed by atoms with Crippen LogP contribution in [0.3, 0.4) is 0 Å². The first-order valence-corrected chi connectivity index (χ1v) is 6.00. The van der Waals surface area contributed by atoms with Crippen molar-refractivity contribution < 1.29 is 8.78 Å². The summed E-state index contributed by atoms with van der Waals surface area (Å²) < 4.78 is 26.4. The van der Waals surface area contributed by atoms with Crippen LogP contribution in [-0.4, -0.2) is 10.2 Å². The lowest BCUT2D eigenvalue weighted by molar-refractivity contribution is 0.627. The van der Waals surface area contributed by atoms with Gasteiger partial charge in [0.2, 0.25) is 0 Å². The van der Waals surface area contributed by atoms with Crippen molar-refractivity contribution in [2.45, 2.75) is 0 Å². The van der Waals surface area contributed by atoms with Crippen molar-refractivity contribution in [1.82, 2.24) is 10.2 Å². The summed E-state index contributed by atoms with van der Waals surface area (Å²) in [6.45, 7) is 0. The van der Waals surface area contributed by atoms with Gasteiger partial charge in [0.25, 0.3) is 0 Å². The molecular weight excluding hydrogens is 260 g/mol. The minimum Gasteiger partial charge on any atom is -0.399 e. The van der Waals surface area contributed by atoms with Crippen LogP contribution in [-0.2, 0) is 0 Å². The topological polar surface area (TPSA) is 54.7 Å². The van der Waals surface area contributed by atoms with Crippen LogP contribution in [0.4, 0.5) is 14.5 Å². The van der Waals surface area contributed by atoms with Crippen molar-refractivity contribution in [3.8, 4) is 0 Å². The largest absolute Gasteiger partial charge is 0.399 e. The molecule has 3 aromatic rings. The Balaban J connectivity index is 2.00. The van der Waals surface area contributed by atoms with E-state index in [-0.39, 0.29) is 11.3 Å². The predicted molar refractivity (Wildman–Crippen MR) is 75.8 cm³/mol. The van der Waals surface area contributed by atoms with Gasteiger partial charge in [-0.3, -0.25) is 5.10 Å². The second-order valence-corrected chi connectivity index (χ2v) is 4.42. The number of nitrogen functional groups attached to an aromatic ring is 1. The maximum atomic E-state index is 13.6. The number of hydrogen-bond acceptors (Lipinski definition) is 2. The molecule has 3 N–H and O–H groups in total. The molecule has 3 nitrogen and oxygen atoms in total. The van der Waals surface area contributed by atoms with Gasteiger partial charge >= 0.3 is 0 Å². The molecule has 2 aromatic carbocycles. The summed E-state index contributed by atoms with van der Waals surface area (Å²) in [6.07, 6.45) is 3.54. The number of aromatic nitrogens is 2. The Morgan fingerprint density at radius 3 is 2.55 bits per heavy atom. The fraction of sp³-hybridized carbons (Fsp3) is 0. The van der Waals surface area contributed by atoms with Crippen molar-refractivity contribution in [2.75, 3.05) is 5.73 Å². The van der Waals surface area contributed by atoms with Crippen molar-refractivity contribution in [2.24, 2.45) is 0 Å². The van der Waals surface area contributed by atoms with E-state index in [2.05, 4.69) is 10.2 Å². The molecule has 0 spiro atoms. The molecule has 0 saturated carbocycles. The second-order valence-electron chi connectivity index (χ2n) is 4.42. The first kappa shape index (κ1) is 12.3. The van der Waals surface area contributed by atoms with Crippen LogP contribution in [0.25, 0.3) is 23.1 Å². The van der Waals surface area contributed by atoms with Gasteiger partial charge in [-0.1, -0.05) is 18.2 Å². The molecule has 0 bridgehead atoms. The Hall–Kier alpha value is -2.69. The molecule has 1 heterocycles. The number of H-pyrrole nitrogens is 1. The first-order chi connectivity index (χ1) is 9.63. The molecule has 3 rings (SSSR count). The van der Waals surface area contributed by atoms with Crippen LogP contribution in [0, 0.1) is 11.6 Å². The SMILES string of the molecule is Nc1cc(F)c2n[nH]c(C=Cc3ccc(F)cc3)c2c1. The number of rotatable bonds is 2. The highest BCUT2D eigenvalue weighted by atomic mass is 19.1. The van der Waals surface area contributed by atoms with Gasteiger partial charge in [0.05, 0.1) is 5.69 Å². The quantitative estimate of drug-likeness (QED) is 0.700. The number of anilines is 1. The lowest BCUT2D eigenvalue weighted by Crippen LogP contribution is -1.87. The highest BCUT2D eigenvalue weighted by Gasteiger charge is 2.08. The molecule has 0 saturated heterocycles. The summed E-state index contributed by atoms with van der Waals surface area (Å²) in [6, 6.07) is 8.95. The van der Waals surface area contributed by atoms with E-state index in [1.807, 2.05) is 0 Å². The number of benzene rings is 2. The van der Waals surface area contributed by atoms with Crippen LogP contribution in [0.1, 0.15) is 11.3 Å². The van der Waals surface area contributed by atoms with Crippen LogP contribution in [0.2, 0.25) is 0 Å². The number of fused-ring (bicyclic) bond motifs is 1. The molecule has 0 aliphatic rings. The van der Waals surface area contributed by atoms with E-state index < -0.39 is 5.82 Å². The summed E-state index contributed by atoms with van der Waals surface area (Å²) >= 11 is 0. The molecule has 100 valence electrons. The average Bonchev–Trinajstić information content (AvgIpc) is 2.81. The van der Waals surface area contributed by atoms with Crippen molar-refractivity contribution in [1.29, 1.82) is 0 Å². The second kappa shape index (κ2) is 4.77. The Kier molecular flexibility index (Phi) is 2.95. The van der Waals surface area contributed by atoms with Gasteiger partial charge in [0.1, 0.15) is 11.3 Å². The molecule has 0 atom stereocenters. The fourth-order valence-electron chi connectivity index (χ4n) is 2.00. The van der Waals surface area contributed by atoms with E-state index in [1.54, 1.807) is 30.4 Å². The Bertz CT molecular complexity index is 789. The average molecular weight is 271 g/mol. The molecular formula is C15H11F2N3. The minimum absolute atomic E-state index is 0.248. The number of nitrogens with zero attached hydrogens (tertiary/aromatic N) is 1. The zero-order valence-electron chi connectivity index (χ0n) is 10.4. The lowest BCUT2D eigenvalue weighted by atomic mass is 10.1. The highest BCUT2D eigenvalue weighted by Crippen LogP contribution is 2.23. The third-order valence-corrected chi connectivity index (χ3v) is 2.98. The fourth-order valence-corrected chi connectivity index (χ4v) is 2.00. The smallest absolute Gasteiger partial charge is 0.153 e. The summed E-state index contributed by atoms with van der Waals surface area (Å²) in [5.74, 6) is -0.748. The summed E-state index contributed by atoms with van der Waals surface area (Å²) in [5.41, 5.74) is 7.70. The van der Waals surface area contributed by atoms with Crippen molar-refractivity contribution in [3.05, 3.63) is 59.3 Å². The van der Waals surface area contributed by atoms with E-state index in [1.165, 1.54) is 18.2 Å². The van der Waals surface area contributed by atoms with Gasteiger partial charge in [0.15, 0.2) is 5.82 Å². The number of nitrogens with two attached hydrogens (primary N) is 1. The molecule has 5 heteroatoms. The standard InChI is InChI=1S/C15H11F2N3/c16-10-4-1-9(2-5-10)3-6-14-12-7-11(18)8-13(17)15(12)20-19-14/h1-8H,18H2,(H,19,20). The van der Waals surface area contributed by atoms with Crippen LogP contribution in [0.5, 0.6) is 0 Å². The van der Waals surface area contributed by atoms with Gasteiger partial charge < -0.3 is 5.73 Å². The molecule has 1 aromatic heterocycles. The Labute approximate surface area is 113 Å². The molecule has 0 aliphatic carbocycles. The lowest BCUT2D eigenvalue weighted by Gasteiger charge is -1.96. The maximum absolute atomic E-state index is 13.6. The third-order valence-electron chi connectivity index (χ3n) is 2.98. The summed E-state index contributed by atoms with van der Waals surface area (Å²) in [7, 11) is 0. The zero-order valence-corrected chi connectivity index (χ0v) is 10.4. The van der Waals surface area contributed by atoms with Gasteiger partial charge in [-0.15, -0.1) is 0 Å². The van der Waals surface area contributed by atoms with Gasteiger partial charge in [0, 0.05) is 11.1 Å². The number of aromatic amines is 1.